The molecule has 10 heteroatoms. The fourth-order valence-corrected chi connectivity index (χ4v) is 3.79. The number of hydrogen-bond acceptors (Lipinski definition) is 8. The van der Waals surface area contributed by atoms with E-state index in [4.69, 9.17) is 9.47 Å². The third kappa shape index (κ3) is 5.59. The highest BCUT2D eigenvalue weighted by atomic mass is 32.2. The van der Waals surface area contributed by atoms with Crippen LogP contribution in [0.1, 0.15) is 5.56 Å². The van der Waals surface area contributed by atoms with E-state index < -0.39 is 0 Å². The third-order valence-electron chi connectivity index (χ3n) is 4.75. The van der Waals surface area contributed by atoms with Crippen LogP contribution < -0.4 is 14.9 Å². The van der Waals surface area contributed by atoms with Gasteiger partial charge in [-0.25, -0.2) is 5.43 Å². The first kappa shape index (κ1) is 23.0. The van der Waals surface area contributed by atoms with Crippen LogP contribution in [0.15, 0.2) is 83.3 Å². The van der Waals surface area contributed by atoms with Gasteiger partial charge >= 0.3 is 0 Å². The van der Waals surface area contributed by atoms with Gasteiger partial charge in [0.1, 0.15) is 11.5 Å². The Kier molecular flexibility index (Phi) is 7.51. The number of ether oxygens (including phenoxy) is 2. The van der Waals surface area contributed by atoms with Crippen molar-refractivity contribution < 1.29 is 14.3 Å². The maximum Gasteiger partial charge on any atom is 0.250 e. The van der Waals surface area contributed by atoms with E-state index in [1.807, 2.05) is 53.1 Å². The van der Waals surface area contributed by atoms with Gasteiger partial charge in [0, 0.05) is 23.6 Å². The average Bonchev–Trinajstić information content (AvgIpc) is 3.32. The molecule has 34 heavy (non-hydrogen) atoms. The molecule has 0 saturated heterocycles. The lowest BCUT2D eigenvalue weighted by Crippen LogP contribution is -2.20. The van der Waals surface area contributed by atoms with Crippen LogP contribution in [0.5, 0.6) is 11.5 Å². The summed E-state index contributed by atoms with van der Waals surface area (Å²) in [6, 6.07) is 18.7. The van der Waals surface area contributed by atoms with Gasteiger partial charge in [0.05, 0.1) is 26.2 Å². The van der Waals surface area contributed by atoms with Gasteiger partial charge < -0.3 is 9.47 Å². The minimum absolute atomic E-state index is 0.116. The summed E-state index contributed by atoms with van der Waals surface area (Å²) in [5.41, 5.74) is 5.07. The Hall–Kier alpha value is -4.18. The van der Waals surface area contributed by atoms with Gasteiger partial charge in [0.25, 0.3) is 5.91 Å². The van der Waals surface area contributed by atoms with Crippen LogP contribution in [0.4, 0.5) is 0 Å². The lowest BCUT2D eigenvalue weighted by molar-refractivity contribution is -0.118. The van der Waals surface area contributed by atoms with Crippen molar-refractivity contribution in [3.63, 3.8) is 0 Å². The molecule has 0 saturated carbocycles. The van der Waals surface area contributed by atoms with E-state index in [0.29, 0.717) is 11.0 Å². The number of hydrazone groups is 1. The molecule has 1 amide bonds. The maximum atomic E-state index is 12.3. The molecular weight excluding hydrogens is 452 g/mol. The van der Waals surface area contributed by atoms with Gasteiger partial charge in [-0.1, -0.05) is 11.8 Å². The molecule has 0 aliphatic rings. The summed E-state index contributed by atoms with van der Waals surface area (Å²) in [4.78, 5) is 16.3. The second-order valence-corrected chi connectivity index (χ2v) is 7.87. The lowest BCUT2D eigenvalue weighted by Gasteiger charge is -2.11. The first-order valence-electron chi connectivity index (χ1n) is 10.3. The van der Waals surface area contributed by atoms with Gasteiger partial charge in [0.2, 0.25) is 0 Å². The average molecular weight is 475 g/mol. The predicted molar refractivity (Wildman–Crippen MR) is 131 cm³/mol. The fourth-order valence-electron chi connectivity index (χ4n) is 3.05. The van der Waals surface area contributed by atoms with E-state index in [-0.39, 0.29) is 11.7 Å². The molecule has 0 aliphatic carbocycles. The van der Waals surface area contributed by atoms with E-state index in [1.54, 1.807) is 45.0 Å². The van der Waals surface area contributed by atoms with Crippen LogP contribution in [0.2, 0.25) is 0 Å². The molecule has 9 nitrogen and oxygen atoms in total. The summed E-state index contributed by atoms with van der Waals surface area (Å²) in [5, 5.41) is 13.3. The van der Waals surface area contributed by atoms with Crippen LogP contribution in [0.25, 0.3) is 17.1 Å². The molecule has 1 N–H and O–H groups in total. The molecular formula is C24H22N6O3S. The van der Waals surface area contributed by atoms with Crippen LogP contribution >= 0.6 is 11.8 Å². The predicted octanol–water partition coefficient (Wildman–Crippen LogP) is 3.59. The molecule has 2 aromatic carbocycles. The Labute approximate surface area is 200 Å². The highest BCUT2D eigenvalue weighted by molar-refractivity contribution is 7.99. The number of thioether (sulfide) groups is 1. The van der Waals surface area contributed by atoms with E-state index in [0.717, 1.165) is 28.3 Å². The fraction of sp³-hybridized carbons (Fsp3) is 0.125. The van der Waals surface area contributed by atoms with Gasteiger partial charge in [-0.3, -0.25) is 14.3 Å². The summed E-state index contributed by atoms with van der Waals surface area (Å²) in [6.07, 6.45) is 4.88. The van der Waals surface area contributed by atoms with Crippen molar-refractivity contribution in [1.29, 1.82) is 0 Å². The van der Waals surface area contributed by atoms with Gasteiger partial charge in [-0.15, -0.1) is 10.2 Å². The second-order valence-electron chi connectivity index (χ2n) is 6.93. The van der Waals surface area contributed by atoms with E-state index in [2.05, 4.69) is 25.7 Å². The van der Waals surface area contributed by atoms with Crippen molar-refractivity contribution >= 4 is 23.9 Å². The molecule has 172 valence electrons. The molecule has 0 atom stereocenters. The summed E-state index contributed by atoms with van der Waals surface area (Å²) in [6.45, 7) is 0. The Morgan fingerprint density at radius 3 is 2.26 bits per heavy atom. The molecule has 0 spiro atoms. The number of nitrogens with zero attached hydrogens (tertiary/aromatic N) is 5. The number of aromatic nitrogens is 4. The maximum absolute atomic E-state index is 12.3. The zero-order chi connectivity index (χ0) is 23.8. The number of benzene rings is 2. The Bertz CT molecular complexity index is 1260. The van der Waals surface area contributed by atoms with Crippen molar-refractivity contribution in [2.75, 3.05) is 20.0 Å². The zero-order valence-corrected chi connectivity index (χ0v) is 19.4. The Balaban J connectivity index is 1.54. The molecule has 0 radical (unpaired) electrons. The SMILES string of the molecule is COc1ccc(-c2nnc(SCC(=O)NN=Cc3ccncc3)n2-c2ccc(OC)cc2)cc1. The smallest absolute Gasteiger partial charge is 0.250 e. The lowest BCUT2D eigenvalue weighted by atomic mass is 10.2. The molecule has 0 bridgehead atoms. The minimum Gasteiger partial charge on any atom is -0.497 e. The topological polar surface area (TPSA) is 104 Å². The number of carbonyl (C=O) groups excluding carboxylic acids is 1. The van der Waals surface area contributed by atoms with Crippen molar-refractivity contribution in [3.05, 3.63) is 78.6 Å². The summed E-state index contributed by atoms with van der Waals surface area (Å²) >= 11 is 1.27. The molecule has 0 aliphatic heterocycles. The molecule has 0 unspecified atom stereocenters. The van der Waals surface area contributed by atoms with E-state index in [1.165, 1.54) is 11.8 Å². The number of pyridine rings is 1. The van der Waals surface area contributed by atoms with Crippen molar-refractivity contribution in [2.45, 2.75) is 5.16 Å². The molecule has 4 rings (SSSR count). The monoisotopic (exact) mass is 474 g/mol. The molecule has 0 fully saturated rings. The first-order chi connectivity index (χ1) is 16.7. The Morgan fingerprint density at radius 1 is 0.971 bits per heavy atom. The van der Waals surface area contributed by atoms with Crippen LogP contribution in [0, 0.1) is 0 Å². The summed E-state index contributed by atoms with van der Waals surface area (Å²) in [5.74, 6) is 1.99. The van der Waals surface area contributed by atoms with E-state index >= 15 is 0 Å². The van der Waals surface area contributed by atoms with Gasteiger partial charge in [-0.2, -0.15) is 5.10 Å². The van der Waals surface area contributed by atoms with Crippen LogP contribution in [-0.4, -0.2) is 51.8 Å². The number of rotatable bonds is 9. The minimum atomic E-state index is -0.259. The first-order valence-corrected chi connectivity index (χ1v) is 11.3. The molecule has 2 aromatic heterocycles. The molecule has 4 aromatic rings. The van der Waals surface area contributed by atoms with Crippen molar-refractivity contribution in [2.24, 2.45) is 5.10 Å². The number of carbonyl (C=O) groups is 1. The highest BCUT2D eigenvalue weighted by Crippen LogP contribution is 2.29. The van der Waals surface area contributed by atoms with Crippen LogP contribution in [-0.2, 0) is 4.79 Å². The highest BCUT2D eigenvalue weighted by Gasteiger charge is 2.17. The van der Waals surface area contributed by atoms with Gasteiger partial charge in [0.15, 0.2) is 11.0 Å². The summed E-state index contributed by atoms with van der Waals surface area (Å²) < 4.78 is 12.4. The number of methoxy groups -OCH3 is 2. The normalized spacial score (nSPS) is 10.9. The second kappa shape index (κ2) is 11.1. The third-order valence-corrected chi connectivity index (χ3v) is 5.68. The van der Waals surface area contributed by atoms with Gasteiger partial charge in [-0.05, 0) is 66.2 Å². The summed E-state index contributed by atoms with van der Waals surface area (Å²) in [7, 11) is 3.24. The van der Waals surface area contributed by atoms with E-state index in [9.17, 15) is 4.79 Å². The van der Waals surface area contributed by atoms with Crippen molar-refractivity contribution in [1.82, 2.24) is 25.2 Å². The standard InChI is InChI=1S/C24H22N6O3S/c1-32-20-7-3-18(4-8-20)23-28-29-24(30(23)19-5-9-21(33-2)10-6-19)34-16-22(31)27-26-15-17-11-13-25-14-12-17/h3-15H,16H2,1-2H3,(H,27,31). The number of hydrogen-bond donors (Lipinski definition) is 1. The Morgan fingerprint density at radius 2 is 1.62 bits per heavy atom. The quantitative estimate of drug-likeness (QED) is 0.225. The number of amides is 1. The van der Waals surface area contributed by atoms with Crippen molar-refractivity contribution in [3.8, 4) is 28.6 Å². The largest absolute Gasteiger partial charge is 0.497 e. The number of nitrogens with one attached hydrogen (secondary N) is 1. The zero-order valence-electron chi connectivity index (χ0n) is 18.6. The molecule has 2 heterocycles. The van der Waals surface area contributed by atoms with Crippen LogP contribution in [0.3, 0.4) is 0 Å².